The Balaban J connectivity index is 2.23. The lowest BCUT2D eigenvalue weighted by molar-refractivity contribution is 0.137. The Morgan fingerprint density at radius 1 is 1.69 bits per heavy atom. The van der Waals surface area contributed by atoms with Gasteiger partial charge in [-0.15, -0.1) is 11.8 Å². The third-order valence-corrected chi connectivity index (χ3v) is 4.21. The number of hydrogen-bond acceptors (Lipinski definition) is 5. The third-order valence-electron chi connectivity index (χ3n) is 2.66. The van der Waals surface area contributed by atoms with Gasteiger partial charge in [0.1, 0.15) is 0 Å². The minimum atomic E-state index is -0.562. The Labute approximate surface area is 97.1 Å². The molecular formula is C10H14N2O3S. The lowest BCUT2D eigenvalue weighted by Gasteiger charge is -2.12. The zero-order valence-corrected chi connectivity index (χ0v) is 9.72. The van der Waals surface area contributed by atoms with Crippen molar-refractivity contribution in [3.63, 3.8) is 0 Å². The summed E-state index contributed by atoms with van der Waals surface area (Å²) >= 11 is 1.41. The monoisotopic (exact) mass is 242 g/mol. The Morgan fingerprint density at radius 2 is 2.44 bits per heavy atom. The van der Waals surface area contributed by atoms with Crippen LogP contribution in [0.15, 0.2) is 17.1 Å². The van der Waals surface area contributed by atoms with E-state index < -0.39 is 6.10 Å². The highest BCUT2D eigenvalue weighted by Gasteiger charge is 2.34. The van der Waals surface area contributed by atoms with Crippen LogP contribution in [0, 0.1) is 6.92 Å². The first-order valence-electron chi connectivity index (χ1n) is 5.12. The number of rotatable bonds is 2. The molecule has 1 saturated heterocycles. The van der Waals surface area contributed by atoms with Gasteiger partial charge in [0.05, 0.1) is 23.3 Å². The fraction of sp³-hybridized carbons (Fsp3) is 0.600. The quantitative estimate of drug-likeness (QED) is 0.758. The number of nitrogens with zero attached hydrogens (tertiary/aromatic N) is 2. The van der Waals surface area contributed by atoms with Gasteiger partial charge in [-0.25, -0.2) is 4.79 Å². The van der Waals surface area contributed by atoms with Gasteiger partial charge in [-0.05, 0) is 13.0 Å². The van der Waals surface area contributed by atoms with Crippen LogP contribution in [0.5, 0.6) is 0 Å². The van der Waals surface area contributed by atoms with Crippen LogP contribution in [0.2, 0.25) is 0 Å². The van der Waals surface area contributed by atoms with Crippen LogP contribution in [-0.2, 0) is 0 Å². The maximum absolute atomic E-state index is 11.6. The topological polar surface area (TPSA) is 75.3 Å². The second-order valence-corrected chi connectivity index (χ2v) is 5.30. The first-order chi connectivity index (χ1) is 7.61. The molecule has 6 heteroatoms. The molecule has 1 aromatic heterocycles. The molecule has 0 bridgehead atoms. The van der Waals surface area contributed by atoms with Gasteiger partial charge in [-0.2, -0.15) is 4.98 Å². The van der Waals surface area contributed by atoms with Crippen molar-refractivity contribution in [3.8, 4) is 0 Å². The number of aryl methyl sites for hydroxylation is 1. The van der Waals surface area contributed by atoms with E-state index in [4.69, 9.17) is 5.11 Å². The Bertz CT molecular complexity index is 434. The van der Waals surface area contributed by atoms with Crippen LogP contribution in [0.1, 0.15) is 17.5 Å². The zero-order valence-electron chi connectivity index (χ0n) is 8.91. The number of aliphatic hydroxyl groups excluding tert-OH is 2. The van der Waals surface area contributed by atoms with Crippen molar-refractivity contribution in [3.05, 3.63) is 28.4 Å². The van der Waals surface area contributed by atoms with Crippen molar-refractivity contribution in [1.29, 1.82) is 0 Å². The lowest BCUT2D eigenvalue weighted by Crippen LogP contribution is -2.25. The van der Waals surface area contributed by atoms with E-state index in [0.29, 0.717) is 12.1 Å². The summed E-state index contributed by atoms with van der Waals surface area (Å²) in [6.07, 6.45) is 1.60. The molecule has 16 heavy (non-hydrogen) atoms. The molecule has 0 saturated carbocycles. The van der Waals surface area contributed by atoms with Gasteiger partial charge in [0.15, 0.2) is 0 Å². The fourth-order valence-electron chi connectivity index (χ4n) is 1.77. The van der Waals surface area contributed by atoms with Crippen LogP contribution in [0.25, 0.3) is 0 Å². The lowest BCUT2D eigenvalue weighted by atomic mass is 10.2. The van der Waals surface area contributed by atoms with Gasteiger partial charge in [-0.1, -0.05) is 0 Å². The molecule has 1 aliphatic heterocycles. The predicted molar refractivity (Wildman–Crippen MR) is 61.4 cm³/mol. The maximum atomic E-state index is 11.6. The van der Waals surface area contributed by atoms with E-state index >= 15 is 0 Å². The van der Waals surface area contributed by atoms with Gasteiger partial charge < -0.3 is 10.2 Å². The second-order valence-electron chi connectivity index (χ2n) is 3.87. The molecule has 0 spiro atoms. The molecule has 0 radical (unpaired) electrons. The fourth-order valence-corrected chi connectivity index (χ4v) is 3.15. The summed E-state index contributed by atoms with van der Waals surface area (Å²) in [4.78, 5) is 15.5. The van der Waals surface area contributed by atoms with E-state index in [2.05, 4.69) is 4.98 Å². The molecule has 3 atom stereocenters. The minimum Gasteiger partial charge on any atom is -0.395 e. The van der Waals surface area contributed by atoms with Gasteiger partial charge in [0, 0.05) is 18.3 Å². The number of aliphatic hydroxyl groups is 2. The summed E-state index contributed by atoms with van der Waals surface area (Å²) in [5.41, 5.74) is 0.381. The molecule has 2 heterocycles. The van der Waals surface area contributed by atoms with Crippen LogP contribution in [0.3, 0.4) is 0 Å². The highest BCUT2D eigenvalue weighted by Crippen LogP contribution is 2.40. The molecule has 2 N–H and O–H groups in total. The van der Waals surface area contributed by atoms with Crippen molar-refractivity contribution in [2.45, 2.75) is 30.1 Å². The molecule has 0 unspecified atom stereocenters. The first-order valence-corrected chi connectivity index (χ1v) is 6.06. The van der Waals surface area contributed by atoms with Crippen LogP contribution >= 0.6 is 11.8 Å². The number of aromatic nitrogens is 2. The first kappa shape index (κ1) is 11.6. The van der Waals surface area contributed by atoms with E-state index in [0.717, 1.165) is 0 Å². The van der Waals surface area contributed by atoms with E-state index in [1.165, 1.54) is 16.3 Å². The minimum absolute atomic E-state index is 0.0730. The average molecular weight is 242 g/mol. The summed E-state index contributed by atoms with van der Waals surface area (Å²) < 4.78 is 1.51. The van der Waals surface area contributed by atoms with Crippen molar-refractivity contribution in [2.24, 2.45) is 0 Å². The van der Waals surface area contributed by atoms with E-state index in [1.807, 2.05) is 0 Å². The van der Waals surface area contributed by atoms with E-state index in [-0.39, 0.29) is 22.9 Å². The van der Waals surface area contributed by atoms with Crippen molar-refractivity contribution in [2.75, 3.05) is 6.61 Å². The van der Waals surface area contributed by atoms with Crippen molar-refractivity contribution in [1.82, 2.24) is 9.55 Å². The average Bonchev–Trinajstić information content (AvgIpc) is 2.59. The van der Waals surface area contributed by atoms with Gasteiger partial charge >= 0.3 is 5.69 Å². The van der Waals surface area contributed by atoms with Crippen LogP contribution in [0.4, 0.5) is 0 Å². The van der Waals surface area contributed by atoms with Crippen molar-refractivity contribution < 1.29 is 10.2 Å². The summed E-state index contributed by atoms with van der Waals surface area (Å²) in [6, 6.07) is 1.76. The Hall–Kier alpha value is -0.850. The Kier molecular flexibility index (Phi) is 3.32. The van der Waals surface area contributed by atoms with Gasteiger partial charge in [0.25, 0.3) is 0 Å². The number of hydrogen-bond donors (Lipinski definition) is 2. The molecule has 0 aromatic carbocycles. The number of thioether (sulfide) groups is 1. The van der Waals surface area contributed by atoms with Crippen LogP contribution in [-0.4, -0.2) is 37.7 Å². The standard InChI is InChI=1S/C10H14N2O3S/c1-6-2-3-12(10(15)11-6)9-4-7(14)8(5-13)16-9/h2-3,7-9,13-14H,4-5H2,1H3/t7-,8+,9+/m0/s1. The molecule has 5 nitrogen and oxygen atoms in total. The summed E-state index contributed by atoms with van der Waals surface area (Å²) in [5.74, 6) is 0. The third kappa shape index (κ3) is 2.14. The van der Waals surface area contributed by atoms with E-state index in [9.17, 15) is 9.90 Å². The molecule has 1 aliphatic rings. The second kappa shape index (κ2) is 4.57. The molecule has 2 rings (SSSR count). The van der Waals surface area contributed by atoms with E-state index in [1.54, 1.807) is 19.2 Å². The van der Waals surface area contributed by atoms with Gasteiger partial charge in [-0.3, -0.25) is 4.57 Å². The highest BCUT2D eigenvalue weighted by atomic mass is 32.2. The summed E-state index contributed by atoms with van der Waals surface area (Å²) in [6.45, 7) is 1.69. The molecule has 88 valence electrons. The zero-order chi connectivity index (χ0) is 11.7. The molecule has 1 fully saturated rings. The van der Waals surface area contributed by atoms with Gasteiger partial charge in [0.2, 0.25) is 0 Å². The summed E-state index contributed by atoms with van der Waals surface area (Å²) in [5, 5.41) is 18.3. The molecule has 0 amide bonds. The molecule has 1 aromatic rings. The highest BCUT2D eigenvalue weighted by molar-refractivity contribution is 8.00. The molecule has 0 aliphatic carbocycles. The van der Waals surface area contributed by atoms with Crippen LogP contribution < -0.4 is 5.69 Å². The Morgan fingerprint density at radius 3 is 3.00 bits per heavy atom. The molecular weight excluding hydrogens is 228 g/mol. The van der Waals surface area contributed by atoms with Crippen molar-refractivity contribution >= 4 is 11.8 Å². The predicted octanol–water partition coefficient (Wildman–Crippen LogP) is -0.0910. The normalized spacial score (nSPS) is 29.6. The smallest absolute Gasteiger partial charge is 0.348 e. The maximum Gasteiger partial charge on any atom is 0.348 e. The SMILES string of the molecule is Cc1ccn([C@H]2C[C@H](O)[C@@H](CO)S2)c(=O)n1. The largest absolute Gasteiger partial charge is 0.395 e. The summed E-state index contributed by atoms with van der Waals surface area (Å²) in [7, 11) is 0.